The number of amides is 1. The molecule has 2 saturated heterocycles. The first-order valence-corrected chi connectivity index (χ1v) is 10.9. The average Bonchev–Trinajstić information content (AvgIpc) is 3.15. The van der Waals surface area contributed by atoms with Gasteiger partial charge in [0.2, 0.25) is 0 Å². The lowest BCUT2D eigenvalue weighted by Gasteiger charge is -2.33. The van der Waals surface area contributed by atoms with Crippen LogP contribution >= 0.6 is 0 Å². The molecule has 0 saturated carbocycles. The summed E-state index contributed by atoms with van der Waals surface area (Å²) >= 11 is 0. The Bertz CT molecular complexity index is 1110. The predicted molar refractivity (Wildman–Crippen MR) is 115 cm³/mol. The lowest BCUT2D eigenvalue weighted by molar-refractivity contribution is -0.0256. The number of rotatable bonds is 4. The fraction of sp³-hybridized carbons (Fsp3) is 0.435. The third-order valence-corrected chi connectivity index (χ3v) is 6.10. The number of fused-ring (bicyclic) bond motifs is 1. The van der Waals surface area contributed by atoms with Crippen molar-refractivity contribution < 1.29 is 18.7 Å². The Labute approximate surface area is 185 Å². The highest BCUT2D eigenvalue weighted by molar-refractivity contribution is 5.94. The van der Waals surface area contributed by atoms with E-state index in [0.717, 1.165) is 55.4 Å². The molecule has 0 N–H and O–H groups in total. The number of morpholine rings is 2. The normalized spacial score (nSPS) is 20.1. The molecule has 0 bridgehead atoms. The number of carbonyl (C=O) groups excluding carboxylic acids is 1. The maximum Gasteiger partial charge on any atom is 0.254 e. The summed E-state index contributed by atoms with van der Waals surface area (Å²) in [6, 6.07) is 7.54. The van der Waals surface area contributed by atoms with Crippen molar-refractivity contribution in [1.29, 1.82) is 0 Å². The van der Waals surface area contributed by atoms with Gasteiger partial charge in [-0.1, -0.05) is 0 Å². The number of hydrogen-bond donors (Lipinski definition) is 0. The van der Waals surface area contributed by atoms with E-state index in [2.05, 4.69) is 9.88 Å². The summed E-state index contributed by atoms with van der Waals surface area (Å²) in [5.41, 5.74) is 4.19. The zero-order chi connectivity index (χ0) is 22.1. The Morgan fingerprint density at radius 2 is 1.91 bits per heavy atom. The van der Waals surface area contributed by atoms with Gasteiger partial charge in [-0.15, -0.1) is 0 Å². The van der Waals surface area contributed by atoms with E-state index in [0.29, 0.717) is 25.3 Å². The molecule has 1 amide bonds. The average molecular weight is 439 g/mol. The van der Waals surface area contributed by atoms with E-state index < -0.39 is 0 Å². The van der Waals surface area contributed by atoms with Crippen molar-refractivity contribution in [2.45, 2.75) is 19.6 Å². The highest BCUT2D eigenvalue weighted by Gasteiger charge is 2.29. The van der Waals surface area contributed by atoms with Crippen molar-refractivity contribution in [3.05, 3.63) is 64.9 Å². The summed E-state index contributed by atoms with van der Waals surface area (Å²) in [5, 5.41) is 4.76. The summed E-state index contributed by atoms with van der Waals surface area (Å²) in [7, 11) is 0. The molecule has 2 aliphatic rings. The number of aromatic nitrogens is 3. The molecule has 2 aliphatic heterocycles. The standard InChI is InChI=1S/C23H26FN5O3/c1-16-19(14-27-8-11-31-12-9-27)22-25-7-6-20(29(22)26-16)21-15-28(10-13-32-21)23(30)17-2-4-18(24)5-3-17/h2-7,21H,8-15H2,1H3/t21-/m0/s1. The van der Waals surface area contributed by atoms with E-state index in [-0.39, 0.29) is 17.8 Å². The lowest BCUT2D eigenvalue weighted by atomic mass is 10.1. The Morgan fingerprint density at radius 3 is 2.69 bits per heavy atom. The van der Waals surface area contributed by atoms with Gasteiger partial charge in [0.05, 0.1) is 37.8 Å². The first kappa shape index (κ1) is 21.0. The van der Waals surface area contributed by atoms with Crippen molar-refractivity contribution in [1.82, 2.24) is 24.4 Å². The lowest BCUT2D eigenvalue weighted by Crippen LogP contribution is -2.42. The predicted octanol–water partition coefficient (Wildman–Crippen LogP) is 2.22. The molecule has 5 rings (SSSR count). The van der Waals surface area contributed by atoms with Gasteiger partial charge in [-0.25, -0.2) is 13.9 Å². The highest BCUT2D eigenvalue weighted by Crippen LogP contribution is 2.26. The molecule has 2 fully saturated rings. The maximum absolute atomic E-state index is 13.2. The van der Waals surface area contributed by atoms with Crippen LogP contribution < -0.4 is 0 Å². The minimum atomic E-state index is -0.359. The summed E-state index contributed by atoms with van der Waals surface area (Å²) in [6.07, 6.45) is 1.45. The van der Waals surface area contributed by atoms with Gasteiger partial charge in [0.15, 0.2) is 5.65 Å². The third-order valence-electron chi connectivity index (χ3n) is 6.10. The van der Waals surface area contributed by atoms with Crippen LogP contribution in [0.25, 0.3) is 5.65 Å². The van der Waals surface area contributed by atoms with Gasteiger partial charge in [-0.05, 0) is 37.3 Å². The Kier molecular flexibility index (Phi) is 5.86. The monoisotopic (exact) mass is 439 g/mol. The molecular weight excluding hydrogens is 413 g/mol. The van der Waals surface area contributed by atoms with Crippen LogP contribution in [0.15, 0.2) is 36.5 Å². The van der Waals surface area contributed by atoms with E-state index in [1.165, 1.54) is 24.3 Å². The molecule has 1 atom stereocenters. The van der Waals surface area contributed by atoms with Gasteiger partial charge < -0.3 is 14.4 Å². The second-order valence-electron chi connectivity index (χ2n) is 8.18. The fourth-order valence-corrected chi connectivity index (χ4v) is 4.31. The Morgan fingerprint density at radius 1 is 1.12 bits per heavy atom. The van der Waals surface area contributed by atoms with Crippen LogP contribution in [0.2, 0.25) is 0 Å². The summed E-state index contributed by atoms with van der Waals surface area (Å²) < 4.78 is 26.6. The van der Waals surface area contributed by atoms with Crippen LogP contribution in [-0.2, 0) is 16.0 Å². The number of ether oxygens (including phenoxy) is 2. The summed E-state index contributed by atoms with van der Waals surface area (Å²) in [4.78, 5) is 21.6. The topological polar surface area (TPSA) is 72.2 Å². The van der Waals surface area contributed by atoms with Crippen LogP contribution in [0.1, 0.15) is 33.4 Å². The van der Waals surface area contributed by atoms with Crippen molar-refractivity contribution in [2.75, 3.05) is 46.0 Å². The van der Waals surface area contributed by atoms with Gasteiger partial charge in [0.25, 0.3) is 5.91 Å². The first-order valence-electron chi connectivity index (χ1n) is 10.9. The van der Waals surface area contributed by atoms with E-state index >= 15 is 0 Å². The zero-order valence-electron chi connectivity index (χ0n) is 18.0. The van der Waals surface area contributed by atoms with Crippen molar-refractivity contribution in [2.24, 2.45) is 0 Å². The van der Waals surface area contributed by atoms with Crippen LogP contribution in [0.3, 0.4) is 0 Å². The van der Waals surface area contributed by atoms with Crippen molar-refractivity contribution >= 4 is 11.6 Å². The SMILES string of the molecule is Cc1nn2c([C@@H]3CN(C(=O)c4ccc(F)cc4)CCO3)ccnc2c1CN1CCOCC1. The van der Waals surface area contributed by atoms with Crippen LogP contribution in [0.4, 0.5) is 4.39 Å². The molecule has 8 nitrogen and oxygen atoms in total. The quantitative estimate of drug-likeness (QED) is 0.621. The van der Waals surface area contributed by atoms with E-state index in [1.807, 2.05) is 17.5 Å². The molecule has 0 spiro atoms. The largest absolute Gasteiger partial charge is 0.379 e. The fourth-order valence-electron chi connectivity index (χ4n) is 4.31. The van der Waals surface area contributed by atoms with Crippen LogP contribution in [0, 0.1) is 12.7 Å². The Balaban J connectivity index is 1.39. The molecule has 0 aliphatic carbocycles. The number of halogens is 1. The number of benzene rings is 1. The molecule has 4 heterocycles. The first-order chi connectivity index (χ1) is 15.6. The minimum Gasteiger partial charge on any atom is -0.379 e. The number of nitrogens with zero attached hydrogens (tertiary/aromatic N) is 5. The number of aryl methyl sites for hydroxylation is 1. The maximum atomic E-state index is 13.2. The smallest absolute Gasteiger partial charge is 0.254 e. The van der Waals surface area contributed by atoms with Crippen molar-refractivity contribution in [3.63, 3.8) is 0 Å². The van der Waals surface area contributed by atoms with Gasteiger partial charge in [0.1, 0.15) is 11.9 Å². The molecule has 2 aromatic heterocycles. The molecule has 0 unspecified atom stereocenters. The van der Waals surface area contributed by atoms with E-state index in [9.17, 15) is 9.18 Å². The van der Waals surface area contributed by atoms with Gasteiger partial charge in [-0.3, -0.25) is 9.69 Å². The van der Waals surface area contributed by atoms with E-state index in [4.69, 9.17) is 14.6 Å². The molecule has 168 valence electrons. The van der Waals surface area contributed by atoms with Crippen molar-refractivity contribution in [3.8, 4) is 0 Å². The minimum absolute atomic E-state index is 0.131. The molecule has 1 aromatic carbocycles. The number of hydrogen-bond acceptors (Lipinski definition) is 6. The Hall–Kier alpha value is -2.88. The van der Waals surface area contributed by atoms with Crippen LogP contribution in [0.5, 0.6) is 0 Å². The third kappa shape index (κ3) is 4.11. The molecule has 0 radical (unpaired) electrons. The molecule has 3 aromatic rings. The highest BCUT2D eigenvalue weighted by atomic mass is 19.1. The van der Waals surface area contributed by atoms with E-state index in [1.54, 1.807) is 11.1 Å². The number of carbonyl (C=O) groups is 1. The summed E-state index contributed by atoms with van der Waals surface area (Å²) in [5.74, 6) is -0.490. The molecule has 32 heavy (non-hydrogen) atoms. The van der Waals surface area contributed by atoms with Gasteiger partial charge >= 0.3 is 0 Å². The molecule has 9 heteroatoms. The molecular formula is C23H26FN5O3. The summed E-state index contributed by atoms with van der Waals surface area (Å²) in [6.45, 7) is 7.34. The van der Waals surface area contributed by atoms with Gasteiger partial charge in [0, 0.05) is 43.5 Å². The second-order valence-corrected chi connectivity index (χ2v) is 8.18. The van der Waals surface area contributed by atoms with Crippen LogP contribution in [-0.4, -0.2) is 76.3 Å². The van der Waals surface area contributed by atoms with Gasteiger partial charge in [-0.2, -0.15) is 5.10 Å². The second kappa shape index (κ2) is 8.93. The zero-order valence-corrected chi connectivity index (χ0v) is 18.0.